The van der Waals surface area contributed by atoms with E-state index in [-0.39, 0.29) is 0 Å². The third-order valence-electron chi connectivity index (χ3n) is 2.90. The molecule has 2 aromatic rings. The van der Waals surface area contributed by atoms with Gasteiger partial charge in [0.1, 0.15) is 0 Å². The molecule has 0 unspecified atom stereocenters. The van der Waals surface area contributed by atoms with E-state index in [0.29, 0.717) is 0 Å². The average Bonchev–Trinajstić information content (AvgIpc) is 2.32. The Hall–Kier alpha value is -0.625. The summed E-state index contributed by atoms with van der Waals surface area (Å²) in [4.78, 5) is 0. The fourth-order valence-electron chi connectivity index (χ4n) is 1.70. The molecule has 2 aromatic carbocycles. The molecule has 0 aliphatic rings. The van der Waals surface area contributed by atoms with Crippen molar-refractivity contribution < 1.29 is 0 Å². The summed E-state index contributed by atoms with van der Waals surface area (Å²) in [7, 11) is 0. The molecule has 0 aliphatic heterocycles. The third kappa shape index (κ3) is 2.94. The van der Waals surface area contributed by atoms with Crippen LogP contribution in [0.15, 0.2) is 48.5 Å². The molecule has 0 nitrogen and oxygen atoms in total. The first-order chi connectivity index (χ1) is 7.77. The summed E-state index contributed by atoms with van der Waals surface area (Å²) >= 11 is 4.31. The molecular formula is C14H10Li2. The second-order valence-corrected chi connectivity index (χ2v) is 4.03. The monoisotopic (exact) mass is 192 g/mol. The van der Waals surface area contributed by atoms with E-state index in [4.69, 9.17) is 0 Å². The quantitative estimate of drug-likeness (QED) is 0.499. The maximum absolute atomic E-state index is 2.18. The van der Waals surface area contributed by atoms with E-state index in [2.05, 4.69) is 90.0 Å². The zero-order chi connectivity index (χ0) is 11.4. The van der Waals surface area contributed by atoms with Gasteiger partial charge in [0.2, 0.25) is 0 Å². The van der Waals surface area contributed by atoms with Gasteiger partial charge in [-0.25, -0.2) is 0 Å². The van der Waals surface area contributed by atoms with Crippen LogP contribution in [0.5, 0.6) is 0 Å². The van der Waals surface area contributed by atoms with Crippen molar-refractivity contribution in [2.24, 2.45) is 0 Å². The molecule has 0 fully saturated rings. The summed E-state index contributed by atoms with van der Waals surface area (Å²) in [5.74, 6) is 0. The Kier molecular flexibility index (Phi) is 4.17. The number of hydrogen-bond donors (Lipinski definition) is 0. The van der Waals surface area contributed by atoms with E-state index in [9.17, 15) is 0 Å². The predicted octanol–water partition coefficient (Wildman–Crippen LogP) is 1.44. The molecule has 16 heavy (non-hydrogen) atoms. The van der Waals surface area contributed by atoms with Gasteiger partial charge in [0, 0.05) is 0 Å². The third-order valence-corrected chi connectivity index (χ3v) is 2.90. The summed E-state index contributed by atoms with van der Waals surface area (Å²) in [5, 5.41) is 0. The van der Waals surface area contributed by atoms with Crippen molar-refractivity contribution >= 4 is 56.1 Å². The molecule has 68 valence electrons. The average molecular weight is 192 g/mol. The van der Waals surface area contributed by atoms with Crippen molar-refractivity contribution in [3.63, 3.8) is 0 Å². The van der Waals surface area contributed by atoms with Crippen LogP contribution in [0.1, 0.15) is 11.1 Å². The molecule has 0 atom stereocenters. The van der Waals surface area contributed by atoms with Crippen LogP contribution in [0, 0.1) is 0 Å². The van der Waals surface area contributed by atoms with Gasteiger partial charge in [-0.2, -0.15) is 0 Å². The van der Waals surface area contributed by atoms with E-state index in [0.717, 1.165) is 0 Å². The molecule has 0 aliphatic carbocycles. The van der Waals surface area contributed by atoms with Gasteiger partial charge in [0.15, 0.2) is 0 Å². The van der Waals surface area contributed by atoms with Crippen molar-refractivity contribution in [3.05, 3.63) is 59.7 Å². The van der Waals surface area contributed by atoms with Crippen LogP contribution in [0.3, 0.4) is 0 Å². The fourth-order valence-corrected chi connectivity index (χ4v) is 1.70. The van der Waals surface area contributed by atoms with Gasteiger partial charge in [-0.15, -0.1) is 0 Å². The fraction of sp³-hybridized carbons (Fsp3) is 0. The zero-order valence-corrected chi connectivity index (χ0v) is 9.77. The summed E-state index contributed by atoms with van der Waals surface area (Å²) in [6, 6.07) is 16.8. The summed E-state index contributed by atoms with van der Waals surface area (Å²) in [6.45, 7) is 0. The van der Waals surface area contributed by atoms with Crippen LogP contribution in [0.25, 0.3) is 12.2 Å². The Morgan fingerprint density at radius 3 is 2.25 bits per heavy atom. The first-order valence-corrected chi connectivity index (χ1v) is 5.57. The molecule has 0 spiro atoms. The van der Waals surface area contributed by atoms with Crippen LogP contribution >= 0.6 is 0 Å². The second-order valence-electron chi connectivity index (χ2n) is 4.03. The van der Waals surface area contributed by atoms with E-state index in [1.54, 1.807) is 0 Å². The standard InChI is InChI=1S/C14H10.2Li/c1-3-7-13(8-4-1)11-12-14-9-5-2-6-10-14;;/h1-5,7-9,11-12H;;. The molecule has 0 N–H and O–H groups in total. The van der Waals surface area contributed by atoms with E-state index < -0.39 is 0 Å². The topological polar surface area (TPSA) is 0 Å². The first-order valence-electron chi connectivity index (χ1n) is 5.57. The van der Waals surface area contributed by atoms with Gasteiger partial charge < -0.3 is 0 Å². The summed E-state index contributed by atoms with van der Waals surface area (Å²) in [5.41, 5.74) is 2.53. The molecule has 0 saturated carbocycles. The van der Waals surface area contributed by atoms with Crippen molar-refractivity contribution in [1.29, 1.82) is 0 Å². The molecule has 0 radical (unpaired) electrons. The van der Waals surface area contributed by atoms with Crippen LogP contribution in [-0.4, -0.2) is 35.4 Å². The maximum atomic E-state index is 2.18. The number of benzene rings is 2. The van der Waals surface area contributed by atoms with Crippen LogP contribution in [0.4, 0.5) is 0 Å². The minimum absolute atomic E-state index is 1.24. The minimum atomic E-state index is 1.24. The molecule has 0 aromatic heterocycles. The van der Waals surface area contributed by atoms with Gasteiger partial charge in [0.05, 0.1) is 0 Å². The predicted molar refractivity (Wildman–Crippen MR) is 72.6 cm³/mol. The van der Waals surface area contributed by atoms with Gasteiger partial charge in [-0.1, -0.05) is 0 Å². The second kappa shape index (κ2) is 5.63. The molecule has 0 heterocycles. The Balaban J connectivity index is 2.28. The molecular weight excluding hydrogens is 182 g/mol. The SMILES string of the molecule is [Li][c]1cccc(C=Cc2ccccc2)[c]1[Li]. The van der Waals surface area contributed by atoms with Gasteiger partial charge in [0.25, 0.3) is 0 Å². The number of rotatable bonds is 2. The Labute approximate surface area is 115 Å². The van der Waals surface area contributed by atoms with E-state index in [1.807, 2.05) is 6.07 Å². The van der Waals surface area contributed by atoms with Crippen molar-refractivity contribution in [1.82, 2.24) is 0 Å². The van der Waals surface area contributed by atoms with Gasteiger partial charge >= 0.3 is 116 Å². The summed E-state index contributed by atoms with van der Waals surface area (Å²) in [6.07, 6.45) is 4.33. The van der Waals surface area contributed by atoms with E-state index >= 15 is 0 Å². The molecule has 0 amide bonds. The Morgan fingerprint density at radius 2 is 1.50 bits per heavy atom. The van der Waals surface area contributed by atoms with Crippen LogP contribution < -0.4 is 8.47 Å². The van der Waals surface area contributed by atoms with Crippen LogP contribution in [0.2, 0.25) is 0 Å². The van der Waals surface area contributed by atoms with E-state index in [1.165, 1.54) is 19.6 Å². The summed E-state index contributed by atoms with van der Waals surface area (Å²) < 4.78 is 2.70. The zero-order valence-electron chi connectivity index (χ0n) is 9.77. The Bertz CT molecular complexity index is 501. The van der Waals surface area contributed by atoms with Gasteiger partial charge in [-0.05, 0) is 0 Å². The van der Waals surface area contributed by atoms with Crippen LogP contribution in [-0.2, 0) is 0 Å². The van der Waals surface area contributed by atoms with Crippen molar-refractivity contribution in [2.75, 3.05) is 0 Å². The first kappa shape index (κ1) is 11.8. The normalized spacial score (nSPS) is 11.0. The van der Waals surface area contributed by atoms with Crippen molar-refractivity contribution in [3.8, 4) is 0 Å². The number of hydrogen-bond acceptors (Lipinski definition) is 0. The van der Waals surface area contributed by atoms with Gasteiger partial charge in [-0.3, -0.25) is 0 Å². The molecule has 2 heteroatoms. The van der Waals surface area contributed by atoms with Crippen molar-refractivity contribution in [2.45, 2.75) is 0 Å². The molecule has 0 saturated heterocycles. The Morgan fingerprint density at radius 1 is 0.750 bits per heavy atom. The molecule has 0 bridgehead atoms. The molecule has 2 rings (SSSR count).